The largest absolute Gasteiger partial charge is 0.469 e. The van der Waals surface area contributed by atoms with E-state index in [9.17, 15) is 25.2 Å². The fraction of sp³-hybridized carbons (Fsp3) is 0.944. The molecular weight excluding hydrogens is 344 g/mol. The molecule has 1 aliphatic heterocycles. The second-order valence-electron chi connectivity index (χ2n) is 7.33. The van der Waals surface area contributed by atoms with E-state index in [1.807, 2.05) is 6.92 Å². The van der Waals surface area contributed by atoms with Crippen LogP contribution in [0.3, 0.4) is 0 Å². The molecular formula is C18H32O8. The lowest BCUT2D eigenvalue weighted by atomic mass is 9.99. The zero-order valence-electron chi connectivity index (χ0n) is 15.5. The topological polar surface area (TPSA) is 126 Å². The zero-order chi connectivity index (χ0) is 19.3. The summed E-state index contributed by atoms with van der Waals surface area (Å²) in [6.07, 6.45) is -1.40. The molecule has 1 aliphatic carbocycles. The first kappa shape index (κ1) is 21.5. The van der Waals surface area contributed by atoms with Gasteiger partial charge in [0.05, 0.1) is 19.8 Å². The molecule has 0 radical (unpaired) electrons. The minimum absolute atomic E-state index is 0.158. The van der Waals surface area contributed by atoms with Gasteiger partial charge in [-0.1, -0.05) is 19.8 Å². The van der Waals surface area contributed by atoms with E-state index in [1.165, 1.54) is 7.11 Å². The van der Waals surface area contributed by atoms with Crippen LogP contribution < -0.4 is 0 Å². The lowest BCUT2D eigenvalue weighted by Crippen LogP contribution is -2.59. The molecule has 8 nitrogen and oxygen atoms in total. The van der Waals surface area contributed by atoms with Gasteiger partial charge in [0.2, 0.25) is 0 Å². The van der Waals surface area contributed by atoms with E-state index in [-0.39, 0.29) is 12.1 Å². The number of hydrogen-bond donors (Lipinski definition) is 4. The van der Waals surface area contributed by atoms with Gasteiger partial charge in [-0.05, 0) is 31.1 Å². The number of hydrogen-bond acceptors (Lipinski definition) is 8. The maximum Gasteiger partial charge on any atom is 0.305 e. The first-order valence-electron chi connectivity index (χ1n) is 9.44. The Morgan fingerprint density at radius 2 is 1.92 bits per heavy atom. The van der Waals surface area contributed by atoms with E-state index in [4.69, 9.17) is 9.47 Å². The molecule has 4 N–H and O–H groups in total. The van der Waals surface area contributed by atoms with E-state index < -0.39 is 37.3 Å². The van der Waals surface area contributed by atoms with Crippen molar-refractivity contribution in [3.63, 3.8) is 0 Å². The Morgan fingerprint density at radius 3 is 2.54 bits per heavy atom. The van der Waals surface area contributed by atoms with Crippen LogP contribution in [0.5, 0.6) is 0 Å². The van der Waals surface area contributed by atoms with Crippen LogP contribution in [-0.4, -0.2) is 76.9 Å². The van der Waals surface area contributed by atoms with Crippen LogP contribution >= 0.6 is 0 Å². The number of rotatable bonds is 10. The fourth-order valence-electron chi connectivity index (χ4n) is 3.56. The summed E-state index contributed by atoms with van der Waals surface area (Å²) in [6, 6.07) is 0. The summed E-state index contributed by atoms with van der Waals surface area (Å²) in [4.78, 5) is 11.3. The van der Waals surface area contributed by atoms with Gasteiger partial charge < -0.3 is 34.6 Å². The predicted molar refractivity (Wildman–Crippen MR) is 91.0 cm³/mol. The van der Waals surface area contributed by atoms with Crippen molar-refractivity contribution in [2.24, 2.45) is 11.8 Å². The van der Waals surface area contributed by atoms with Crippen LogP contribution in [0.25, 0.3) is 0 Å². The SMILES string of the molecule is CCC(CCCC1CC1CC(=O)OC)OC1OC(CO)C(O)C(O)C1O. The maximum absolute atomic E-state index is 11.3. The molecule has 1 saturated carbocycles. The highest BCUT2D eigenvalue weighted by molar-refractivity contribution is 5.69. The third-order valence-electron chi connectivity index (χ3n) is 5.46. The molecule has 2 rings (SSSR count). The summed E-state index contributed by atoms with van der Waals surface area (Å²) in [5.41, 5.74) is 0. The van der Waals surface area contributed by atoms with Gasteiger partial charge in [-0.2, -0.15) is 0 Å². The van der Waals surface area contributed by atoms with Crippen LogP contribution in [0.1, 0.15) is 45.4 Å². The monoisotopic (exact) mass is 376 g/mol. The summed E-state index contributed by atoms with van der Waals surface area (Å²) in [6.45, 7) is 1.50. The van der Waals surface area contributed by atoms with Crippen molar-refractivity contribution in [1.82, 2.24) is 0 Å². The molecule has 1 heterocycles. The van der Waals surface area contributed by atoms with Crippen molar-refractivity contribution in [2.75, 3.05) is 13.7 Å². The van der Waals surface area contributed by atoms with Crippen molar-refractivity contribution in [3.8, 4) is 0 Å². The van der Waals surface area contributed by atoms with E-state index >= 15 is 0 Å². The highest BCUT2D eigenvalue weighted by Gasteiger charge is 2.44. The molecule has 26 heavy (non-hydrogen) atoms. The molecule has 1 saturated heterocycles. The molecule has 0 amide bonds. The lowest BCUT2D eigenvalue weighted by molar-refractivity contribution is -0.311. The summed E-state index contributed by atoms with van der Waals surface area (Å²) in [5, 5.41) is 38.9. The minimum atomic E-state index is -1.42. The molecule has 0 aromatic rings. The van der Waals surface area contributed by atoms with Crippen LogP contribution in [0, 0.1) is 11.8 Å². The number of esters is 1. The Balaban J connectivity index is 1.72. The van der Waals surface area contributed by atoms with E-state index in [0.717, 1.165) is 25.7 Å². The Labute approximate surface area is 154 Å². The van der Waals surface area contributed by atoms with Crippen molar-refractivity contribution >= 4 is 5.97 Å². The first-order chi connectivity index (χ1) is 12.4. The smallest absolute Gasteiger partial charge is 0.305 e. The van der Waals surface area contributed by atoms with Gasteiger partial charge in [0, 0.05) is 6.42 Å². The predicted octanol–water partition coefficient (Wildman–Crippen LogP) is -0.0490. The highest BCUT2D eigenvalue weighted by atomic mass is 16.7. The summed E-state index contributed by atoms with van der Waals surface area (Å²) in [5.74, 6) is 0.822. The zero-order valence-corrected chi connectivity index (χ0v) is 15.5. The summed E-state index contributed by atoms with van der Waals surface area (Å²) in [7, 11) is 1.40. The third-order valence-corrected chi connectivity index (χ3v) is 5.46. The molecule has 0 aromatic heterocycles. The molecule has 2 fully saturated rings. The molecule has 8 heteroatoms. The van der Waals surface area contributed by atoms with Gasteiger partial charge >= 0.3 is 5.97 Å². The number of methoxy groups -OCH3 is 1. The normalized spacial score (nSPS) is 38.0. The number of aliphatic hydroxyl groups is 4. The number of ether oxygens (including phenoxy) is 3. The van der Waals surface area contributed by atoms with E-state index in [0.29, 0.717) is 24.7 Å². The average Bonchev–Trinajstić information content (AvgIpc) is 3.38. The van der Waals surface area contributed by atoms with Crippen LogP contribution in [-0.2, 0) is 19.0 Å². The molecule has 152 valence electrons. The van der Waals surface area contributed by atoms with Gasteiger partial charge in [0.25, 0.3) is 0 Å². The number of aliphatic hydroxyl groups excluding tert-OH is 4. The highest BCUT2D eigenvalue weighted by Crippen LogP contribution is 2.45. The fourth-order valence-corrected chi connectivity index (χ4v) is 3.56. The number of carbonyl (C=O) groups excluding carboxylic acids is 1. The van der Waals surface area contributed by atoms with Gasteiger partial charge in [0.1, 0.15) is 24.4 Å². The van der Waals surface area contributed by atoms with Crippen molar-refractivity contribution < 1.29 is 39.4 Å². The average molecular weight is 376 g/mol. The number of carbonyl (C=O) groups is 1. The molecule has 0 bridgehead atoms. The van der Waals surface area contributed by atoms with Gasteiger partial charge in [0.15, 0.2) is 6.29 Å². The molecule has 8 unspecified atom stereocenters. The minimum Gasteiger partial charge on any atom is -0.469 e. The van der Waals surface area contributed by atoms with Crippen molar-refractivity contribution in [2.45, 2.75) is 82.3 Å². The van der Waals surface area contributed by atoms with E-state index in [1.54, 1.807) is 0 Å². The van der Waals surface area contributed by atoms with Gasteiger partial charge in [-0.25, -0.2) is 0 Å². The van der Waals surface area contributed by atoms with Crippen LogP contribution in [0.15, 0.2) is 0 Å². The first-order valence-corrected chi connectivity index (χ1v) is 9.44. The standard InChI is InChI=1S/C18H32O8/c1-3-12(6-4-5-10-7-11(10)8-14(20)24-2)25-18-17(23)16(22)15(21)13(9-19)26-18/h10-13,15-19,21-23H,3-9H2,1-2H3. The quantitative estimate of drug-likeness (QED) is 0.391. The third kappa shape index (κ3) is 5.61. The van der Waals surface area contributed by atoms with Crippen LogP contribution in [0.4, 0.5) is 0 Å². The molecule has 2 aliphatic rings. The second kappa shape index (κ2) is 9.96. The van der Waals surface area contributed by atoms with Crippen LogP contribution in [0.2, 0.25) is 0 Å². The van der Waals surface area contributed by atoms with Gasteiger partial charge in [-0.3, -0.25) is 4.79 Å². The Morgan fingerprint density at radius 1 is 1.19 bits per heavy atom. The molecule has 0 aromatic carbocycles. The lowest BCUT2D eigenvalue weighted by Gasteiger charge is -2.40. The summed E-state index contributed by atoms with van der Waals surface area (Å²) < 4.78 is 15.9. The Hall–Kier alpha value is -0.770. The Kier molecular flexibility index (Phi) is 8.25. The maximum atomic E-state index is 11.3. The molecule has 0 spiro atoms. The van der Waals surface area contributed by atoms with Crippen molar-refractivity contribution in [1.29, 1.82) is 0 Å². The summed E-state index contributed by atoms with van der Waals surface area (Å²) >= 11 is 0. The second-order valence-corrected chi connectivity index (χ2v) is 7.33. The molecule has 8 atom stereocenters. The van der Waals surface area contributed by atoms with Crippen molar-refractivity contribution in [3.05, 3.63) is 0 Å². The van der Waals surface area contributed by atoms with E-state index in [2.05, 4.69) is 4.74 Å². The van der Waals surface area contributed by atoms with Gasteiger partial charge in [-0.15, -0.1) is 0 Å². The Bertz CT molecular complexity index is 443.